The van der Waals surface area contributed by atoms with Crippen molar-refractivity contribution in [3.8, 4) is 0 Å². The van der Waals surface area contributed by atoms with E-state index in [9.17, 15) is 4.79 Å². The molecule has 0 aliphatic rings. The maximum Gasteiger partial charge on any atom is 0.154 e. The van der Waals surface area contributed by atoms with Crippen LogP contribution >= 0.6 is 0 Å². The van der Waals surface area contributed by atoms with Crippen LogP contribution in [0.4, 0.5) is 0 Å². The van der Waals surface area contributed by atoms with Gasteiger partial charge in [-0.3, -0.25) is 4.79 Å². The number of aldehydes is 1. The number of carbonyl (C=O) groups excluding carboxylic acids is 1. The molecule has 0 aromatic heterocycles. The van der Waals surface area contributed by atoms with Gasteiger partial charge in [0.25, 0.3) is 0 Å². The zero-order chi connectivity index (χ0) is 9.23. The zero-order valence-corrected chi connectivity index (χ0v) is 7.66. The van der Waals surface area contributed by atoms with Crippen molar-refractivity contribution in [1.82, 2.24) is 0 Å². The second-order valence-electron chi connectivity index (χ2n) is 2.25. The minimum atomic E-state index is -0.153. The number of rotatable bonds is 7. The fraction of sp³-hybridized carbons (Fsp3) is 0.667. The monoisotopic (exact) mass is 172 g/mol. The molecule has 0 heterocycles. The molecule has 0 bridgehead atoms. The zero-order valence-electron chi connectivity index (χ0n) is 7.66. The van der Waals surface area contributed by atoms with Gasteiger partial charge in [-0.25, -0.2) is 0 Å². The molecule has 1 atom stereocenters. The van der Waals surface area contributed by atoms with Gasteiger partial charge in [-0.1, -0.05) is 6.08 Å². The summed E-state index contributed by atoms with van der Waals surface area (Å²) in [4.78, 5) is 9.85. The van der Waals surface area contributed by atoms with Gasteiger partial charge in [0.1, 0.15) is 6.29 Å². The van der Waals surface area contributed by atoms with Gasteiger partial charge in [-0.2, -0.15) is 0 Å². The fourth-order valence-electron chi connectivity index (χ4n) is 0.737. The summed E-state index contributed by atoms with van der Waals surface area (Å²) in [7, 11) is 0. The predicted molar refractivity (Wildman–Crippen MR) is 46.9 cm³/mol. The maximum atomic E-state index is 9.85. The van der Waals surface area contributed by atoms with Crippen LogP contribution in [0.1, 0.15) is 20.3 Å². The Morgan fingerprint density at radius 1 is 1.42 bits per heavy atom. The summed E-state index contributed by atoms with van der Waals surface area (Å²) in [6.07, 6.45) is 4.59. The minimum Gasteiger partial charge on any atom is -0.353 e. The molecule has 0 amide bonds. The van der Waals surface area contributed by atoms with E-state index in [2.05, 4.69) is 0 Å². The third-order valence-corrected chi connectivity index (χ3v) is 1.25. The van der Waals surface area contributed by atoms with Crippen molar-refractivity contribution in [2.45, 2.75) is 26.6 Å². The van der Waals surface area contributed by atoms with Crippen LogP contribution in [0.15, 0.2) is 12.2 Å². The number of allylic oxidation sites excluding steroid dienone is 1. The molecule has 0 aromatic rings. The Kier molecular flexibility index (Phi) is 7.96. The van der Waals surface area contributed by atoms with E-state index >= 15 is 0 Å². The first-order valence-corrected chi connectivity index (χ1v) is 4.14. The van der Waals surface area contributed by atoms with Gasteiger partial charge in [0.2, 0.25) is 0 Å². The maximum absolute atomic E-state index is 9.85. The SMILES string of the molecule is CCOC(C)OCCC=CC=O. The molecular weight excluding hydrogens is 156 g/mol. The highest BCUT2D eigenvalue weighted by Gasteiger charge is 1.97. The van der Waals surface area contributed by atoms with E-state index in [-0.39, 0.29) is 6.29 Å². The Morgan fingerprint density at radius 2 is 2.17 bits per heavy atom. The van der Waals surface area contributed by atoms with Crippen LogP contribution in [0, 0.1) is 0 Å². The Hall–Kier alpha value is -0.670. The summed E-state index contributed by atoms with van der Waals surface area (Å²) in [6, 6.07) is 0. The van der Waals surface area contributed by atoms with Crippen molar-refractivity contribution >= 4 is 6.29 Å². The lowest BCUT2D eigenvalue weighted by molar-refractivity contribution is -0.125. The van der Waals surface area contributed by atoms with Crippen molar-refractivity contribution in [3.05, 3.63) is 12.2 Å². The number of hydrogen-bond donors (Lipinski definition) is 0. The summed E-state index contributed by atoms with van der Waals surface area (Å²) in [5.41, 5.74) is 0. The van der Waals surface area contributed by atoms with E-state index in [0.717, 1.165) is 12.7 Å². The molecule has 0 saturated carbocycles. The molecule has 3 nitrogen and oxygen atoms in total. The molecule has 3 heteroatoms. The molecule has 0 radical (unpaired) electrons. The van der Waals surface area contributed by atoms with Crippen molar-refractivity contribution in [2.24, 2.45) is 0 Å². The smallest absolute Gasteiger partial charge is 0.154 e. The molecule has 12 heavy (non-hydrogen) atoms. The number of carbonyl (C=O) groups is 1. The number of hydrogen-bond acceptors (Lipinski definition) is 3. The standard InChI is InChI=1S/C9H16O3/c1-3-11-9(2)12-8-6-4-5-7-10/h4-5,7,9H,3,6,8H2,1-2H3. The van der Waals surface area contributed by atoms with E-state index in [4.69, 9.17) is 9.47 Å². The Labute approximate surface area is 73.4 Å². The largest absolute Gasteiger partial charge is 0.353 e. The Balaban J connectivity index is 3.18. The van der Waals surface area contributed by atoms with E-state index in [1.165, 1.54) is 6.08 Å². The van der Waals surface area contributed by atoms with Crippen molar-refractivity contribution in [1.29, 1.82) is 0 Å². The van der Waals surface area contributed by atoms with E-state index in [0.29, 0.717) is 13.2 Å². The fourth-order valence-corrected chi connectivity index (χ4v) is 0.737. The van der Waals surface area contributed by atoms with Gasteiger partial charge in [-0.05, 0) is 26.3 Å². The van der Waals surface area contributed by atoms with Crippen LogP contribution in [0.3, 0.4) is 0 Å². The molecule has 0 aromatic carbocycles. The van der Waals surface area contributed by atoms with Gasteiger partial charge in [0, 0.05) is 6.61 Å². The van der Waals surface area contributed by atoms with Crippen LogP contribution in [-0.2, 0) is 14.3 Å². The Bertz CT molecular complexity index is 132. The van der Waals surface area contributed by atoms with Crippen LogP contribution in [0.2, 0.25) is 0 Å². The van der Waals surface area contributed by atoms with Gasteiger partial charge in [0.05, 0.1) is 6.61 Å². The molecule has 0 aliphatic carbocycles. The highest BCUT2D eigenvalue weighted by atomic mass is 16.7. The summed E-state index contributed by atoms with van der Waals surface area (Å²) < 4.78 is 10.4. The second-order valence-corrected chi connectivity index (χ2v) is 2.25. The van der Waals surface area contributed by atoms with Crippen LogP contribution < -0.4 is 0 Å². The normalized spacial score (nSPS) is 13.5. The quantitative estimate of drug-likeness (QED) is 0.253. The summed E-state index contributed by atoms with van der Waals surface area (Å²) in [5.74, 6) is 0. The van der Waals surface area contributed by atoms with Gasteiger partial charge in [-0.15, -0.1) is 0 Å². The highest BCUT2D eigenvalue weighted by molar-refractivity contribution is 5.64. The molecule has 0 fully saturated rings. The molecule has 1 unspecified atom stereocenters. The van der Waals surface area contributed by atoms with Crippen LogP contribution in [0.25, 0.3) is 0 Å². The first-order valence-electron chi connectivity index (χ1n) is 4.14. The Morgan fingerprint density at radius 3 is 2.75 bits per heavy atom. The van der Waals surface area contributed by atoms with E-state index in [1.54, 1.807) is 6.08 Å². The third kappa shape index (κ3) is 7.44. The third-order valence-electron chi connectivity index (χ3n) is 1.25. The van der Waals surface area contributed by atoms with Gasteiger partial charge in [0.15, 0.2) is 6.29 Å². The van der Waals surface area contributed by atoms with E-state index in [1.807, 2.05) is 13.8 Å². The topological polar surface area (TPSA) is 35.5 Å². The molecule has 0 N–H and O–H groups in total. The molecule has 70 valence electrons. The predicted octanol–water partition coefficient (Wildman–Crippen LogP) is 1.53. The molecule has 0 saturated heterocycles. The van der Waals surface area contributed by atoms with Crippen molar-refractivity contribution in [2.75, 3.05) is 13.2 Å². The van der Waals surface area contributed by atoms with Crippen LogP contribution in [0.5, 0.6) is 0 Å². The summed E-state index contributed by atoms with van der Waals surface area (Å²) in [5, 5.41) is 0. The average molecular weight is 172 g/mol. The lowest BCUT2D eigenvalue weighted by Gasteiger charge is -2.11. The average Bonchev–Trinajstić information content (AvgIpc) is 2.05. The lowest BCUT2D eigenvalue weighted by atomic mass is 10.4. The van der Waals surface area contributed by atoms with Crippen molar-refractivity contribution < 1.29 is 14.3 Å². The van der Waals surface area contributed by atoms with E-state index < -0.39 is 0 Å². The molecule has 0 rings (SSSR count). The highest BCUT2D eigenvalue weighted by Crippen LogP contribution is 1.94. The lowest BCUT2D eigenvalue weighted by Crippen LogP contribution is -2.13. The first kappa shape index (κ1) is 11.3. The van der Waals surface area contributed by atoms with Gasteiger partial charge >= 0.3 is 0 Å². The summed E-state index contributed by atoms with van der Waals surface area (Å²) >= 11 is 0. The molecule has 0 spiro atoms. The summed E-state index contributed by atoms with van der Waals surface area (Å²) in [6.45, 7) is 5.02. The second kappa shape index (κ2) is 8.43. The first-order chi connectivity index (χ1) is 5.81. The number of ether oxygens (including phenoxy) is 2. The van der Waals surface area contributed by atoms with Crippen LogP contribution in [-0.4, -0.2) is 25.8 Å². The van der Waals surface area contributed by atoms with Gasteiger partial charge < -0.3 is 9.47 Å². The van der Waals surface area contributed by atoms with Crippen molar-refractivity contribution in [3.63, 3.8) is 0 Å². The minimum absolute atomic E-state index is 0.153. The molecular formula is C9H16O3. The molecule has 0 aliphatic heterocycles.